The molecule has 9 nitrogen and oxygen atoms in total. The van der Waals surface area contributed by atoms with Crippen molar-refractivity contribution in [1.29, 1.82) is 0 Å². The van der Waals surface area contributed by atoms with Gasteiger partial charge in [-0.2, -0.15) is 13.2 Å². The van der Waals surface area contributed by atoms with Gasteiger partial charge in [-0.1, -0.05) is 51.1 Å². The van der Waals surface area contributed by atoms with Crippen molar-refractivity contribution < 1.29 is 32.6 Å². The molecule has 0 bridgehead atoms. The van der Waals surface area contributed by atoms with Crippen molar-refractivity contribution in [2.75, 3.05) is 6.61 Å². The van der Waals surface area contributed by atoms with Crippen LogP contribution in [0.15, 0.2) is 48.3 Å². The van der Waals surface area contributed by atoms with Crippen LogP contribution >= 0.6 is 0 Å². The van der Waals surface area contributed by atoms with Crippen LogP contribution in [-0.4, -0.2) is 49.7 Å². The largest absolute Gasteiger partial charge is 0.483 e. The van der Waals surface area contributed by atoms with Gasteiger partial charge >= 0.3 is 12.1 Å². The number of nitrogens with one attached hydrogen (secondary N) is 1. The molecule has 1 aliphatic rings. The zero-order valence-electron chi connectivity index (χ0n) is 22.8. The molecule has 0 fully saturated rings. The van der Waals surface area contributed by atoms with Crippen molar-refractivity contribution >= 4 is 11.9 Å². The highest BCUT2D eigenvalue weighted by molar-refractivity contribution is 5.77. The fraction of sp³-hybridized carbons (Fsp3) is 0.519. The molecular weight excluding hydrogens is 515 g/mol. The number of carbonyl (C=O) groups is 2. The van der Waals surface area contributed by atoms with Gasteiger partial charge in [-0.15, -0.1) is 5.10 Å². The lowest BCUT2D eigenvalue weighted by Gasteiger charge is -2.29. The summed E-state index contributed by atoms with van der Waals surface area (Å²) in [5.74, 6) is -1.47. The normalized spacial score (nSPS) is 18.8. The molecule has 2 N–H and O–H groups in total. The lowest BCUT2D eigenvalue weighted by molar-refractivity contribution is -0.153. The van der Waals surface area contributed by atoms with Crippen LogP contribution in [0, 0.1) is 17.3 Å². The topological polar surface area (TPSA) is 119 Å². The first-order chi connectivity index (χ1) is 18.0. The van der Waals surface area contributed by atoms with Crippen molar-refractivity contribution in [2.45, 2.75) is 65.7 Å². The second kappa shape index (κ2) is 11.2. The highest BCUT2D eigenvalue weighted by Crippen LogP contribution is 2.34. The number of aliphatic carboxylic acids is 1. The lowest BCUT2D eigenvalue weighted by Crippen LogP contribution is -2.36. The minimum absolute atomic E-state index is 0.0136. The minimum Gasteiger partial charge on any atom is -0.483 e. The van der Waals surface area contributed by atoms with E-state index < -0.39 is 30.3 Å². The third kappa shape index (κ3) is 7.67. The molecule has 1 aliphatic carbocycles. The van der Waals surface area contributed by atoms with Gasteiger partial charge in [0.2, 0.25) is 5.91 Å². The quantitative estimate of drug-likeness (QED) is 0.460. The standard InChI is InChI=1S/C27H34F3N5O4/c1-16-11-18(25(2,3)4)8-7-17(16)12-22(36)32-23(21-14-35(34-33-21)26(5,6)24(37)38)20-10-9-19(13-31-20)39-15-27(28,29)30/h7-11,13-14,16-17,23H,12,15H2,1-6H3,(H,32,36)(H,37,38). The molecule has 12 heteroatoms. The molecule has 3 unspecified atom stereocenters. The maximum Gasteiger partial charge on any atom is 0.422 e. The first-order valence-corrected chi connectivity index (χ1v) is 12.5. The van der Waals surface area contributed by atoms with Crippen LogP contribution in [0.25, 0.3) is 0 Å². The number of carboxylic acids is 1. The molecule has 212 valence electrons. The highest BCUT2D eigenvalue weighted by Gasteiger charge is 2.33. The number of carbonyl (C=O) groups excluding carboxylic acids is 1. The number of pyridine rings is 1. The maximum absolute atomic E-state index is 13.2. The summed E-state index contributed by atoms with van der Waals surface area (Å²) in [6, 6.07) is 1.79. The maximum atomic E-state index is 13.2. The van der Waals surface area contributed by atoms with Crippen LogP contribution in [0.3, 0.4) is 0 Å². The molecule has 0 aliphatic heterocycles. The van der Waals surface area contributed by atoms with Crippen LogP contribution in [0.5, 0.6) is 5.75 Å². The third-order valence-corrected chi connectivity index (χ3v) is 6.59. The molecule has 3 atom stereocenters. The van der Waals surface area contributed by atoms with Crippen molar-refractivity contribution in [1.82, 2.24) is 25.3 Å². The Morgan fingerprint density at radius 2 is 1.85 bits per heavy atom. The van der Waals surface area contributed by atoms with Gasteiger partial charge in [-0.05, 0) is 48.8 Å². The van der Waals surface area contributed by atoms with Crippen LogP contribution in [0.2, 0.25) is 0 Å². The molecule has 0 saturated carbocycles. The molecule has 39 heavy (non-hydrogen) atoms. The number of alkyl halides is 3. The number of halogens is 3. The Morgan fingerprint density at radius 1 is 1.15 bits per heavy atom. The Kier molecular flexibility index (Phi) is 8.56. The van der Waals surface area contributed by atoms with Gasteiger partial charge in [0.05, 0.1) is 18.1 Å². The number of nitrogens with zero attached hydrogens (tertiary/aromatic N) is 4. The second-order valence-corrected chi connectivity index (χ2v) is 11.2. The number of aromatic nitrogens is 4. The van der Waals surface area contributed by atoms with Crippen LogP contribution in [0.4, 0.5) is 13.2 Å². The van der Waals surface area contributed by atoms with Crippen molar-refractivity contribution in [3.05, 3.63) is 59.7 Å². The molecular formula is C27H34F3N5O4. The average molecular weight is 550 g/mol. The molecule has 0 spiro atoms. The average Bonchev–Trinajstić information content (AvgIpc) is 3.32. The van der Waals surface area contributed by atoms with E-state index in [1.165, 1.54) is 37.8 Å². The summed E-state index contributed by atoms with van der Waals surface area (Å²) in [7, 11) is 0. The second-order valence-electron chi connectivity index (χ2n) is 11.2. The molecule has 2 heterocycles. The Balaban J connectivity index is 1.84. The highest BCUT2D eigenvalue weighted by atomic mass is 19.4. The fourth-order valence-corrected chi connectivity index (χ4v) is 3.95. The van der Waals surface area contributed by atoms with Crippen molar-refractivity contribution in [3.63, 3.8) is 0 Å². The van der Waals surface area contributed by atoms with E-state index in [0.29, 0.717) is 0 Å². The Bertz CT molecular complexity index is 1240. The molecule has 0 radical (unpaired) electrons. The zero-order chi connectivity index (χ0) is 29.2. The number of allylic oxidation sites excluding steroid dienone is 4. The predicted molar refractivity (Wildman–Crippen MR) is 137 cm³/mol. The molecule has 3 rings (SSSR count). The summed E-state index contributed by atoms with van der Waals surface area (Å²) in [5.41, 5.74) is 0.253. The smallest absolute Gasteiger partial charge is 0.422 e. The number of ether oxygens (including phenoxy) is 1. The van der Waals surface area contributed by atoms with Crippen molar-refractivity contribution in [3.8, 4) is 5.75 Å². The van der Waals surface area contributed by atoms with Gasteiger partial charge in [-0.3, -0.25) is 9.78 Å². The van der Waals surface area contributed by atoms with E-state index in [-0.39, 0.29) is 46.7 Å². The third-order valence-electron chi connectivity index (χ3n) is 6.59. The van der Waals surface area contributed by atoms with E-state index in [4.69, 9.17) is 4.74 Å². The number of rotatable bonds is 9. The Hall–Kier alpha value is -3.70. The van der Waals surface area contributed by atoms with Gasteiger partial charge in [0.15, 0.2) is 12.1 Å². The van der Waals surface area contributed by atoms with E-state index in [9.17, 15) is 27.9 Å². The Morgan fingerprint density at radius 3 is 2.38 bits per heavy atom. The van der Waals surface area contributed by atoms with E-state index >= 15 is 0 Å². The first kappa shape index (κ1) is 29.9. The molecule has 0 aromatic carbocycles. The molecule has 1 amide bonds. The van der Waals surface area contributed by atoms with Crippen LogP contribution in [-0.2, 0) is 15.1 Å². The lowest BCUT2D eigenvalue weighted by atomic mass is 9.77. The van der Waals surface area contributed by atoms with E-state index in [0.717, 1.165) is 10.9 Å². The van der Waals surface area contributed by atoms with Crippen LogP contribution in [0.1, 0.15) is 65.4 Å². The first-order valence-electron chi connectivity index (χ1n) is 12.5. The minimum atomic E-state index is -4.50. The van der Waals surface area contributed by atoms with Crippen molar-refractivity contribution in [2.24, 2.45) is 17.3 Å². The summed E-state index contributed by atoms with van der Waals surface area (Å²) in [6.45, 7) is 9.85. The molecule has 2 aromatic heterocycles. The van der Waals surface area contributed by atoms with Gasteiger partial charge in [0, 0.05) is 6.42 Å². The predicted octanol–water partition coefficient (Wildman–Crippen LogP) is 4.82. The number of hydrogen-bond acceptors (Lipinski definition) is 6. The summed E-state index contributed by atoms with van der Waals surface area (Å²) >= 11 is 0. The summed E-state index contributed by atoms with van der Waals surface area (Å²) in [6.07, 6.45) is 4.41. The van der Waals surface area contributed by atoms with E-state index in [1.807, 2.05) is 19.1 Å². The summed E-state index contributed by atoms with van der Waals surface area (Å²) < 4.78 is 43.4. The number of carboxylic acid groups (broad SMARTS) is 1. The zero-order valence-corrected chi connectivity index (χ0v) is 22.8. The summed E-state index contributed by atoms with van der Waals surface area (Å²) in [4.78, 5) is 29.1. The van der Waals surface area contributed by atoms with E-state index in [2.05, 4.69) is 47.5 Å². The van der Waals surface area contributed by atoms with Gasteiger partial charge in [-0.25, -0.2) is 9.48 Å². The van der Waals surface area contributed by atoms with Gasteiger partial charge < -0.3 is 15.2 Å². The fourth-order valence-electron chi connectivity index (χ4n) is 3.95. The van der Waals surface area contributed by atoms with Crippen LogP contribution < -0.4 is 10.1 Å². The van der Waals surface area contributed by atoms with E-state index in [1.54, 1.807) is 0 Å². The Labute approximate surface area is 225 Å². The van der Waals surface area contributed by atoms with Gasteiger partial charge in [0.1, 0.15) is 17.5 Å². The monoisotopic (exact) mass is 549 g/mol. The SMILES string of the molecule is CC1C=C(C(C)(C)C)C=CC1CC(=O)NC(c1ccc(OCC(F)(F)F)cn1)c1cn(C(C)(C)C(=O)O)nn1. The number of amides is 1. The van der Waals surface area contributed by atoms with Gasteiger partial charge in [0.25, 0.3) is 0 Å². The summed E-state index contributed by atoms with van der Waals surface area (Å²) in [5, 5.41) is 20.4. The molecule has 2 aromatic rings. The number of hydrogen-bond donors (Lipinski definition) is 2. The molecule has 0 saturated heterocycles.